The topological polar surface area (TPSA) is 53.6 Å². The fourth-order valence-electron chi connectivity index (χ4n) is 3.28. The number of hydrogen-bond acceptors (Lipinski definition) is 2. The van der Waals surface area contributed by atoms with E-state index in [1.54, 1.807) is 0 Å². The molecule has 2 rings (SSSR count). The molecule has 0 saturated heterocycles. The highest BCUT2D eigenvalue weighted by Crippen LogP contribution is 2.27. The first-order valence-corrected chi connectivity index (χ1v) is 8.20. The highest BCUT2D eigenvalue weighted by molar-refractivity contribution is 5.93. The van der Waals surface area contributed by atoms with Crippen molar-refractivity contribution in [1.29, 1.82) is 0 Å². The molecule has 3 N–H and O–H groups in total. The van der Waals surface area contributed by atoms with Crippen LogP contribution in [-0.2, 0) is 12.8 Å². The molecule has 0 spiro atoms. The number of aryl methyl sites for hydroxylation is 1. The summed E-state index contributed by atoms with van der Waals surface area (Å²) in [7, 11) is 4.17. The van der Waals surface area contributed by atoms with E-state index >= 15 is 0 Å². The molecule has 22 heavy (non-hydrogen) atoms. The van der Waals surface area contributed by atoms with Crippen LogP contribution >= 0.6 is 0 Å². The summed E-state index contributed by atoms with van der Waals surface area (Å²) >= 11 is 0. The van der Waals surface area contributed by atoms with Gasteiger partial charge in [0, 0.05) is 18.8 Å². The van der Waals surface area contributed by atoms with Gasteiger partial charge in [-0.2, -0.15) is 0 Å². The van der Waals surface area contributed by atoms with Crippen LogP contribution < -0.4 is 11.1 Å². The third-order valence-electron chi connectivity index (χ3n) is 4.08. The van der Waals surface area contributed by atoms with E-state index < -0.39 is 0 Å². The standard InChI is InChI=1S/C18H30N4/c1-18(2,13-22(3)4)12-20-17(19)21-16-11-7-9-14-8-5-6-10-15(14)16/h7,9,11H,5-6,8,10,12-13H2,1-4H3,(H3,19,20,21). The fourth-order valence-corrected chi connectivity index (χ4v) is 3.28. The maximum atomic E-state index is 6.10. The zero-order valence-electron chi connectivity index (χ0n) is 14.4. The molecule has 1 aromatic carbocycles. The molecular formula is C18H30N4. The number of hydrogen-bond donors (Lipinski definition) is 2. The van der Waals surface area contributed by atoms with E-state index in [0.29, 0.717) is 5.96 Å². The number of fused-ring (bicyclic) bond motifs is 1. The Morgan fingerprint density at radius 1 is 1.27 bits per heavy atom. The summed E-state index contributed by atoms with van der Waals surface area (Å²) in [5.41, 5.74) is 10.2. The minimum atomic E-state index is 0.117. The van der Waals surface area contributed by atoms with Crippen molar-refractivity contribution in [3.63, 3.8) is 0 Å². The van der Waals surface area contributed by atoms with Crippen molar-refractivity contribution in [3.05, 3.63) is 29.3 Å². The van der Waals surface area contributed by atoms with Gasteiger partial charge < -0.3 is 16.0 Å². The lowest BCUT2D eigenvalue weighted by Crippen LogP contribution is -2.33. The number of rotatable bonds is 5. The fraction of sp³-hybridized carbons (Fsp3) is 0.611. The van der Waals surface area contributed by atoms with Crippen LogP contribution in [0.25, 0.3) is 0 Å². The number of nitrogens with zero attached hydrogens (tertiary/aromatic N) is 2. The average Bonchev–Trinajstić information content (AvgIpc) is 2.44. The lowest BCUT2D eigenvalue weighted by atomic mass is 9.90. The average molecular weight is 302 g/mol. The number of guanidine groups is 1. The van der Waals surface area contributed by atoms with Crippen molar-refractivity contribution in [2.24, 2.45) is 16.1 Å². The summed E-state index contributed by atoms with van der Waals surface area (Å²) in [6.45, 7) is 6.14. The SMILES string of the molecule is CN(C)CC(C)(C)CN=C(N)Nc1cccc2c1CCCC2. The van der Waals surface area contributed by atoms with Crippen LogP contribution in [-0.4, -0.2) is 38.0 Å². The Morgan fingerprint density at radius 2 is 2.00 bits per heavy atom. The van der Waals surface area contributed by atoms with Gasteiger partial charge in [-0.05, 0) is 62.4 Å². The highest BCUT2D eigenvalue weighted by Gasteiger charge is 2.19. The Hall–Kier alpha value is -1.55. The van der Waals surface area contributed by atoms with Gasteiger partial charge in [-0.15, -0.1) is 0 Å². The molecular weight excluding hydrogens is 272 g/mol. The van der Waals surface area contributed by atoms with Gasteiger partial charge in [-0.3, -0.25) is 4.99 Å². The predicted molar refractivity (Wildman–Crippen MR) is 95.5 cm³/mol. The molecule has 4 nitrogen and oxygen atoms in total. The molecule has 122 valence electrons. The highest BCUT2D eigenvalue weighted by atomic mass is 15.1. The summed E-state index contributed by atoms with van der Waals surface area (Å²) in [6.07, 6.45) is 4.87. The second-order valence-corrected chi connectivity index (χ2v) is 7.38. The molecule has 4 heteroatoms. The molecule has 0 aliphatic heterocycles. The smallest absolute Gasteiger partial charge is 0.193 e. The Morgan fingerprint density at radius 3 is 2.73 bits per heavy atom. The van der Waals surface area contributed by atoms with E-state index in [0.717, 1.165) is 25.2 Å². The Bertz CT molecular complexity index is 532. The molecule has 0 unspecified atom stereocenters. The van der Waals surface area contributed by atoms with Gasteiger partial charge in [0.2, 0.25) is 0 Å². The van der Waals surface area contributed by atoms with Crippen LogP contribution in [0.5, 0.6) is 0 Å². The van der Waals surface area contributed by atoms with Gasteiger partial charge in [0.25, 0.3) is 0 Å². The van der Waals surface area contributed by atoms with Crippen LogP contribution in [0, 0.1) is 5.41 Å². The molecule has 1 aliphatic rings. The van der Waals surface area contributed by atoms with Crippen LogP contribution in [0.3, 0.4) is 0 Å². The lowest BCUT2D eigenvalue weighted by Gasteiger charge is -2.26. The monoisotopic (exact) mass is 302 g/mol. The molecule has 1 aromatic rings. The van der Waals surface area contributed by atoms with Crippen molar-refractivity contribution in [1.82, 2.24) is 4.90 Å². The first kappa shape index (κ1) is 16.8. The Kier molecular flexibility index (Phi) is 5.46. The van der Waals surface area contributed by atoms with Crippen LogP contribution in [0.1, 0.15) is 37.8 Å². The van der Waals surface area contributed by atoms with Crippen molar-refractivity contribution in [2.45, 2.75) is 39.5 Å². The zero-order chi connectivity index (χ0) is 16.2. The van der Waals surface area contributed by atoms with E-state index in [1.807, 2.05) is 0 Å². The van der Waals surface area contributed by atoms with Crippen LogP contribution in [0.4, 0.5) is 5.69 Å². The zero-order valence-corrected chi connectivity index (χ0v) is 14.4. The number of nitrogens with one attached hydrogen (secondary N) is 1. The number of nitrogens with two attached hydrogens (primary N) is 1. The van der Waals surface area contributed by atoms with Gasteiger partial charge in [0.05, 0.1) is 0 Å². The molecule has 1 aliphatic carbocycles. The predicted octanol–water partition coefficient (Wildman–Crippen LogP) is 2.88. The van der Waals surface area contributed by atoms with Gasteiger partial charge in [-0.1, -0.05) is 26.0 Å². The van der Waals surface area contributed by atoms with Crippen molar-refractivity contribution in [3.8, 4) is 0 Å². The maximum Gasteiger partial charge on any atom is 0.193 e. The minimum Gasteiger partial charge on any atom is -0.370 e. The molecule has 0 atom stereocenters. The van der Waals surface area contributed by atoms with E-state index in [4.69, 9.17) is 5.73 Å². The quantitative estimate of drug-likeness (QED) is 0.649. The van der Waals surface area contributed by atoms with Gasteiger partial charge in [0.15, 0.2) is 5.96 Å². The van der Waals surface area contributed by atoms with Crippen LogP contribution in [0.15, 0.2) is 23.2 Å². The third-order valence-corrected chi connectivity index (χ3v) is 4.08. The van der Waals surface area contributed by atoms with E-state index in [1.165, 1.54) is 30.4 Å². The molecule has 0 amide bonds. The molecule has 0 saturated carbocycles. The van der Waals surface area contributed by atoms with Crippen molar-refractivity contribution in [2.75, 3.05) is 32.5 Å². The maximum absolute atomic E-state index is 6.10. The minimum absolute atomic E-state index is 0.117. The van der Waals surface area contributed by atoms with Crippen molar-refractivity contribution >= 4 is 11.6 Å². The lowest BCUT2D eigenvalue weighted by molar-refractivity contribution is 0.249. The van der Waals surface area contributed by atoms with Crippen molar-refractivity contribution < 1.29 is 0 Å². The summed E-state index contributed by atoms with van der Waals surface area (Å²) in [5.74, 6) is 0.519. The molecule has 0 heterocycles. The molecule has 0 bridgehead atoms. The van der Waals surface area contributed by atoms with Gasteiger partial charge in [0.1, 0.15) is 0 Å². The van der Waals surface area contributed by atoms with E-state index in [-0.39, 0.29) is 5.41 Å². The number of aliphatic imine (C=N–C) groups is 1. The molecule has 0 radical (unpaired) electrons. The Labute approximate surface area is 134 Å². The van der Waals surface area contributed by atoms with E-state index in [2.05, 4.69) is 61.4 Å². The normalized spacial score (nSPS) is 15.8. The Balaban J connectivity index is 2.03. The summed E-state index contributed by atoms with van der Waals surface area (Å²) in [5, 5.41) is 3.31. The largest absolute Gasteiger partial charge is 0.370 e. The summed E-state index contributed by atoms with van der Waals surface area (Å²) in [4.78, 5) is 6.74. The summed E-state index contributed by atoms with van der Waals surface area (Å²) in [6, 6.07) is 6.44. The number of anilines is 1. The second kappa shape index (κ2) is 7.14. The first-order chi connectivity index (χ1) is 10.4. The second-order valence-electron chi connectivity index (χ2n) is 7.38. The number of benzene rings is 1. The van der Waals surface area contributed by atoms with Crippen LogP contribution in [0.2, 0.25) is 0 Å². The van der Waals surface area contributed by atoms with E-state index in [9.17, 15) is 0 Å². The first-order valence-electron chi connectivity index (χ1n) is 8.20. The van der Waals surface area contributed by atoms with Gasteiger partial charge >= 0.3 is 0 Å². The van der Waals surface area contributed by atoms with Gasteiger partial charge in [-0.25, -0.2) is 0 Å². The third kappa shape index (κ3) is 4.73. The molecule has 0 fully saturated rings. The summed E-state index contributed by atoms with van der Waals surface area (Å²) < 4.78 is 0. The molecule has 0 aromatic heterocycles.